The Morgan fingerprint density at radius 1 is 1.33 bits per heavy atom. The van der Waals surface area contributed by atoms with Crippen LogP contribution in [0.15, 0.2) is 0 Å². The summed E-state index contributed by atoms with van der Waals surface area (Å²) in [6.07, 6.45) is 5.11. The predicted octanol–water partition coefficient (Wildman–Crippen LogP) is 1.67. The minimum atomic E-state index is -0.665. The number of ether oxygens (including phenoxy) is 2. The molecule has 0 bridgehead atoms. The van der Waals surface area contributed by atoms with Gasteiger partial charge in [0.15, 0.2) is 6.61 Å². The van der Waals surface area contributed by atoms with E-state index in [4.69, 9.17) is 15.9 Å². The number of carbonyl (C=O) groups excluding carboxylic acids is 2. The smallest absolute Gasteiger partial charge is 0.411 e. The van der Waals surface area contributed by atoms with Crippen LogP contribution in [0.4, 0.5) is 4.79 Å². The van der Waals surface area contributed by atoms with Gasteiger partial charge in [0.25, 0.3) is 0 Å². The summed E-state index contributed by atoms with van der Waals surface area (Å²) in [6.45, 7) is 5.81. The zero-order valence-electron chi connectivity index (χ0n) is 11.4. The van der Waals surface area contributed by atoms with Gasteiger partial charge in [-0.15, -0.1) is 6.42 Å². The third kappa shape index (κ3) is 5.09. The van der Waals surface area contributed by atoms with E-state index in [1.165, 1.54) is 11.9 Å². The van der Waals surface area contributed by atoms with E-state index in [0.29, 0.717) is 6.61 Å². The number of likely N-dealkylation sites (N-methyl/N-ethyl adjacent to an activating group) is 1. The molecule has 0 rings (SSSR count). The average Bonchev–Trinajstić information content (AvgIpc) is 2.32. The zero-order valence-corrected chi connectivity index (χ0v) is 11.4. The van der Waals surface area contributed by atoms with Crippen molar-refractivity contribution in [1.82, 2.24) is 4.90 Å². The van der Waals surface area contributed by atoms with E-state index in [0.717, 1.165) is 6.42 Å². The fourth-order valence-electron chi connectivity index (χ4n) is 1.48. The van der Waals surface area contributed by atoms with Crippen LogP contribution in [0.2, 0.25) is 0 Å². The van der Waals surface area contributed by atoms with Gasteiger partial charge >= 0.3 is 12.1 Å². The molecule has 0 saturated carbocycles. The SMILES string of the molecule is C#CCOC(=O)N(C)C(C(=O)OCCC)C(C)C. The van der Waals surface area contributed by atoms with Crippen molar-refractivity contribution in [2.24, 2.45) is 5.92 Å². The molecule has 0 fully saturated rings. The van der Waals surface area contributed by atoms with Gasteiger partial charge in [-0.05, 0) is 12.3 Å². The van der Waals surface area contributed by atoms with Gasteiger partial charge < -0.3 is 9.47 Å². The molecule has 5 heteroatoms. The van der Waals surface area contributed by atoms with Gasteiger partial charge in [-0.2, -0.15) is 0 Å². The molecule has 0 aliphatic carbocycles. The summed E-state index contributed by atoms with van der Waals surface area (Å²) in [4.78, 5) is 24.7. The average molecular weight is 255 g/mol. The quantitative estimate of drug-likeness (QED) is 0.535. The lowest BCUT2D eigenvalue weighted by molar-refractivity contribution is -0.150. The second kappa shape index (κ2) is 8.40. The van der Waals surface area contributed by atoms with E-state index in [1.807, 2.05) is 20.8 Å². The van der Waals surface area contributed by atoms with E-state index >= 15 is 0 Å². The van der Waals surface area contributed by atoms with Crippen LogP contribution < -0.4 is 0 Å². The normalized spacial score (nSPS) is 11.6. The highest BCUT2D eigenvalue weighted by Crippen LogP contribution is 2.12. The summed E-state index contributed by atoms with van der Waals surface area (Å²) in [7, 11) is 1.50. The van der Waals surface area contributed by atoms with Gasteiger partial charge in [-0.3, -0.25) is 4.90 Å². The number of hydrogen-bond acceptors (Lipinski definition) is 4. The van der Waals surface area contributed by atoms with Crippen LogP contribution in [0, 0.1) is 18.3 Å². The van der Waals surface area contributed by atoms with Crippen LogP contribution in [0.25, 0.3) is 0 Å². The first-order chi connectivity index (χ1) is 8.45. The van der Waals surface area contributed by atoms with Crippen molar-refractivity contribution in [3.8, 4) is 12.3 Å². The van der Waals surface area contributed by atoms with Crippen LogP contribution in [-0.2, 0) is 14.3 Å². The molecule has 18 heavy (non-hydrogen) atoms. The van der Waals surface area contributed by atoms with Gasteiger partial charge in [-0.1, -0.05) is 26.7 Å². The van der Waals surface area contributed by atoms with Crippen molar-refractivity contribution in [1.29, 1.82) is 0 Å². The highest BCUT2D eigenvalue weighted by Gasteiger charge is 2.31. The van der Waals surface area contributed by atoms with Gasteiger partial charge in [0.05, 0.1) is 6.61 Å². The van der Waals surface area contributed by atoms with Crippen LogP contribution in [-0.4, -0.2) is 43.3 Å². The second-order valence-electron chi connectivity index (χ2n) is 4.23. The molecule has 5 nitrogen and oxygen atoms in total. The summed E-state index contributed by atoms with van der Waals surface area (Å²) in [6, 6.07) is -0.665. The highest BCUT2D eigenvalue weighted by atomic mass is 16.6. The van der Waals surface area contributed by atoms with Crippen molar-refractivity contribution in [2.45, 2.75) is 33.2 Å². The Hall–Kier alpha value is -1.70. The molecule has 1 unspecified atom stereocenters. The third-order valence-corrected chi connectivity index (χ3v) is 2.31. The van der Waals surface area contributed by atoms with E-state index < -0.39 is 18.1 Å². The Balaban J connectivity index is 4.63. The maximum Gasteiger partial charge on any atom is 0.411 e. The van der Waals surface area contributed by atoms with Crippen molar-refractivity contribution in [3.05, 3.63) is 0 Å². The van der Waals surface area contributed by atoms with Gasteiger partial charge in [0.1, 0.15) is 6.04 Å². The highest BCUT2D eigenvalue weighted by molar-refractivity contribution is 5.81. The van der Waals surface area contributed by atoms with Gasteiger partial charge in [0, 0.05) is 7.05 Å². The summed E-state index contributed by atoms with van der Waals surface area (Å²) in [5, 5.41) is 0. The first kappa shape index (κ1) is 16.3. The van der Waals surface area contributed by atoms with E-state index in [-0.39, 0.29) is 12.5 Å². The molecule has 1 atom stereocenters. The lowest BCUT2D eigenvalue weighted by Gasteiger charge is -2.28. The van der Waals surface area contributed by atoms with E-state index in [1.54, 1.807) is 0 Å². The number of nitrogens with zero attached hydrogens (tertiary/aromatic N) is 1. The Kier molecular flexibility index (Phi) is 7.61. The first-order valence-corrected chi connectivity index (χ1v) is 5.95. The Morgan fingerprint density at radius 2 is 1.94 bits per heavy atom. The molecule has 0 N–H and O–H groups in total. The summed E-state index contributed by atoms with van der Waals surface area (Å²) < 4.78 is 9.84. The van der Waals surface area contributed by atoms with Crippen LogP contribution >= 0.6 is 0 Å². The number of esters is 1. The zero-order chi connectivity index (χ0) is 14.1. The third-order valence-electron chi connectivity index (χ3n) is 2.31. The topological polar surface area (TPSA) is 55.8 Å². The van der Waals surface area contributed by atoms with Crippen LogP contribution in [0.3, 0.4) is 0 Å². The molecule has 0 spiro atoms. The molecule has 0 aromatic rings. The Morgan fingerprint density at radius 3 is 2.39 bits per heavy atom. The van der Waals surface area contributed by atoms with Crippen LogP contribution in [0.5, 0.6) is 0 Å². The van der Waals surface area contributed by atoms with Crippen molar-refractivity contribution in [2.75, 3.05) is 20.3 Å². The summed E-state index contributed by atoms with van der Waals surface area (Å²) in [5.41, 5.74) is 0. The molecule has 0 aromatic carbocycles. The minimum absolute atomic E-state index is 0.0715. The van der Waals surface area contributed by atoms with Crippen molar-refractivity contribution in [3.63, 3.8) is 0 Å². The molecular weight excluding hydrogens is 234 g/mol. The van der Waals surface area contributed by atoms with Gasteiger partial charge in [0.2, 0.25) is 0 Å². The van der Waals surface area contributed by atoms with E-state index in [2.05, 4.69) is 5.92 Å². The fourth-order valence-corrected chi connectivity index (χ4v) is 1.48. The Labute approximate surface area is 108 Å². The summed E-state index contributed by atoms with van der Waals surface area (Å²) >= 11 is 0. The molecule has 0 saturated heterocycles. The lowest BCUT2D eigenvalue weighted by atomic mass is 10.0. The molecule has 0 heterocycles. The number of carbonyl (C=O) groups is 2. The molecule has 1 amide bonds. The predicted molar refractivity (Wildman–Crippen MR) is 67.8 cm³/mol. The Bertz CT molecular complexity index is 319. The molecule has 0 radical (unpaired) electrons. The molecular formula is C13H21NO4. The fraction of sp³-hybridized carbons (Fsp3) is 0.692. The number of amides is 1. The molecule has 102 valence electrons. The van der Waals surface area contributed by atoms with E-state index in [9.17, 15) is 9.59 Å². The maximum absolute atomic E-state index is 11.9. The lowest BCUT2D eigenvalue weighted by Crippen LogP contribution is -2.46. The number of rotatable bonds is 6. The van der Waals surface area contributed by atoms with Gasteiger partial charge in [-0.25, -0.2) is 9.59 Å². The molecule has 0 aliphatic rings. The summed E-state index contributed by atoms with van der Waals surface area (Å²) in [5.74, 6) is 1.70. The van der Waals surface area contributed by atoms with Crippen molar-refractivity contribution >= 4 is 12.1 Å². The molecule has 0 aliphatic heterocycles. The maximum atomic E-state index is 11.9. The minimum Gasteiger partial charge on any atom is -0.464 e. The largest absolute Gasteiger partial charge is 0.464 e. The standard InChI is InChI=1S/C13H21NO4/c1-6-8-17-12(15)11(10(3)4)14(5)13(16)18-9-7-2/h2,10-11H,6,8-9H2,1,3-5H3. The van der Waals surface area contributed by atoms with Crippen LogP contribution in [0.1, 0.15) is 27.2 Å². The number of terminal acetylenes is 1. The monoisotopic (exact) mass is 255 g/mol. The molecule has 0 aromatic heterocycles. The van der Waals surface area contributed by atoms with Crippen molar-refractivity contribution < 1.29 is 19.1 Å². The number of hydrogen-bond donors (Lipinski definition) is 0. The second-order valence-corrected chi connectivity index (χ2v) is 4.23. The first-order valence-electron chi connectivity index (χ1n) is 5.95.